The van der Waals surface area contributed by atoms with Crippen molar-refractivity contribution in [3.63, 3.8) is 0 Å². The van der Waals surface area contributed by atoms with Gasteiger partial charge in [-0.2, -0.15) is 4.31 Å². The first-order valence-corrected chi connectivity index (χ1v) is 13.7. The van der Waals surface area contributed by atoms with Crippen LogP contribution < -0.4 is 10.2 Å². The Bertz CT molecular complexity index is 988. The molecule has 3 aliphatic heterocycles. The zero-order chi connectivity index (χ0) is 23.6. The Balaban J connectivity index is 1.28. The number of nitrogens with one attached hydrogen (secondary N) is 1. The van der Waals surface area contributed by atoms with Crippen LogP contribution in [0.4, 0.5) is 5.69 Å². The van der Waals surface area contributed by atoms with Gasteiger partial charge < -0.3 is 10.2 Å². The van der Waals surface area contributed by atoms with Gasteiger partial charge in [-0.1, -0.05) is 6.92 Å². The Morgan fingerprint density at radius 3 is 2.55 bits per heavy atom. The number of carbonyl (C=O) groups is 2. The number of nitrogens with zero attached hydrogens (tertiary/aromatic N) is 3. The Labute approximate surface area is 197 Å². The monoisotopic (exact) mass is 476 g/mol. The molecule has 2 fully saturated rings. The van der Waals surface area contributed by atoms with E-state index in [-0.39, 0.29) is 17.7 Å². The van der Waals surface area contributed by atoms with E-state index in [2.05, 4.69) is 17.1 Å². The number of anilines is 1. The average Bonchev–Trinajstić information content (AvgIpc) is 3.44. The van der Waals surface area contributed by atoms with E-state index in [9.17, 15) is 18.0 Å². The van der Waals surface area contributed by atoms with Crippen LogP contribution in [-0.2, 0) is 26.0 Å². The number of hydrogen-bond donors (Lipinski definition) is 1. The number of hydrogen-bond acceptors (Lipinski definition) is 5. The number of benzene rings is 1. The summed E-state index contributed by atoms with van der Waals surface area (Å²) in [7, 11) is -3.58. The highest BCUT2D eigenvalue weighted by atomic mass is 32.2. The Kier molecular flexibility index (Phi) is 7.40. The largest absolute Gasteiger partial charge is 0.355 e. The molecule has 3 heterocycles. The van der Waals surface area contributed by atoms with Crippen molar-refractivity contribution < 1.29 is 18.0 Å². The van der Waals surface area contributed by atoms with E-state index in [4.69, 9.17) is 0 Å². The summed E-state index contributed by atoms with van der Waals surface area (Å²) in [6, 6.07) is 5.52. The number of amides is 2. The number of carbonyl (C=O) groups excluding carboxylic acids is 2. The SMILES string of the molecule is CCN1CCC[C@@H]1CNC(=O)CC1CCN(S(=O)(=O)c2ccc3c(c2)CCN3C(C)=O)CC1. The minimum Gasteiger partial charge on any atom is -0.355 e. The summed E-state index contributed by atoms with van der Waals surface area (Å²) in [4.78, 5) is 28.6. The summed E-state index contributed by atoms with van der Waals surface area (Å²) in [6.07, 6.45) is 4.86. The molecule has 0 saturated carbocycles. The lowest BCUT2D eigenvalue weighted by atomic mass is 9.94. The fourth-order valence-corrected chi connectivity index (χ4v) is 7.00. The molecule has 0 aromatic heterocycles. The normalized spacial score (nSPS) is 22.5. The van der Waals surface area contributed by atoms with E-state index in [0.717, 1.165) is 30.8 Å². The van der Waals surface area contributed by atoms with Crippen LogP contribution in [0.5, 0.6) is 0 Å². The minimum atomic E-state index is -3.58. The highest BCUT2D eigenvalue weighted by molar-refractivity contribution is 7.89. The van der Waals surface area contributed by atoms with E-state index in [1.165, 1.54) is 13.3 Å². The van der Waals surface area contributed by atoms with Gasteiger partial charge in [0.25, 0.3) is 0 Å². The molecule has 0 bridgehead atoms. The van der Waals surface area contributed by atoms with E-state index >= 15 is 0 Å². The maximum atomic E-state index is 13.2. The lowest BCUT2D eigenvalue weighted by Crippen LogP contribution is -2.42. The second-order valence-electron chi connectivity index (χ2n) is 9.49. The van der Waals surface area contributed by atoms with Crippen molar-refractivity contribution in [1.82, 2.24) is 14.5 Å². The number of likely N-dealkylation sites (N-methyl/N-ethyl adjacent to an activating group) is 1. The van der Waals surface area contributed by atoms with Crippen molar-refractivity contribution in [3.05, 3.63) is 23.8 Å². The van der Waals surface area contributed by atoms with Crippen LogP contribution in [0.3, 0.4) is 0 Å². The van der Waals surface area contributed by atoms with Crippen molar-refractivity contribution in [1.29, 1.82) is 0 Å². The summed E-state index contributed by atoms with van der Waals surface area (Å²) >= 11 is 0. The van der Waals surface area contributed by atoms with E-state index in [1.807, 2.05) is 0 Å². The van der Waals surface area contributed by atoms with Gasteiger partial charge in [-0.25, -0.2) is 8.42 Å². The zero-order valence-corrected chi connectivity index (χ0v) is 20.6. The topological polar surface area (TPSA) is 90.0 Å². The van der Waals surface area contributed by atoms with Gasteiger partial charge in [-0.3, -0.25) is 14.5 Å². The highest BCUT2D eigenvalue weighted by Crippen LogP contribution is 2.32. The first kappa shape index (κ1) is 24.2. The van der Waals surface area contributed by atoms with Gasteiger partial charge in [0.05, 0.1) is 4.90 Å². The van der Waals surface area contributed by atoms with E-state index in [1.54, 1.807) is 27.4 Å². The summed E-state index contributed by atoms with van der Waals surface area (Å²) in [6.45, 7) is 7.99. The molecule has 1 atom stereocenters. The first-order chi connectivity index (χ1) is 15.8. The molecule has 1 aromatic rings. The molecular formula is C24H36N4O4S. The predicted molar refractivity (Wildman–Crippen MR) is 128 cm³/mol. The minimum absolute atomic E-state index is 0.0265. The Morgan fingerprint density at radius 2 is 1.85 bits per heavy atom. The number of rotatable bonds is 7. The summed E-state index contributed by atoms with van der Waals surface area (Å²) in [5.74, 6) is 0.265. The molecule has 0 unspecified atom stereocenters. The third kappa shape index (κ3) is 5.25. The molecule has 0 radical (unpaired) electrons. The molecule has 33 heavy (non-hydrogen) atoms. The summed E-state index contributed by atoms with van der Waals surface area (Å²) in [5.41, 5.74) is 1.72. The van der Waals surface area contributed by atoms with Crippen molar-refractivity contribution in [2.24, 2.45) is 5.92 Å². The van der Waals surface area contributed by atoms with Gasteiger partial charge in [0.2, 0.25) is 21.8 Å². The fourth-order valence-electron chi connectivity index (χ4n) is 5.48. The zero-order valence-electron chi connectivity index (χ0n) is 19.8. The number of piperidine rings is 1. The molecule has 3 aliphatic rings. The van der Waals surface area contributed by atoms with Crippen LogP contribution >= 0.6 is 0 Å². The van der Waals surface area contributed by atoms with Crippen LogP contribution in [-0.4, -0.2) is 74.7 Å². The van der Waals surface area contributed by atoms with Crippen LogP contribution in [0.1, 0.15) is 51.5 Å². The third-order valence-corrected chi connectivity index (χ3v) is 9.35. The van der Waals surface area contributed by atoms with Crippen LogP contribution in [0, 0.1) is 5.92 Å². The molecule has 2 amide bonds. The predicted octanol–water partition coefficient (Wildman–Crippen LogP) is 1.99. The second kappa shape index (κ2) is 10.1. The van der Waals surface area contributed by atoms with Crippen molar-refractivity contribution >= 4 is 27.5 Å². The van der Waals surface area contributed by atoms with Crippen LogP contribution in [0.15, 0.2) is 23.1 Å². The molecule has 2 saturated heterocycles. The van der Waals surface area contributed by atoms with E-state index < -0.39 is 10.0 Å². The molecule has 9 heteroatoms. The number of sulfonamides is 1. The number of fused-ring (bicyclic) bond motifs is 1. The second-order valence-corrected chi connectivity index (χ2v) is 11.4. The molecule has 0 aliphatic carbocycles. The van der Waals surface area contributed by atoms with Gasteiger partial charge in [0.1, 0.15) is 0 Å². The van der Waals surface area contributed by atoms with E-state index in [0.29, 0.717) is 62.8 Å². The standard InChI is InChI=1S/C24H36N4O4S/c1-3-26-11-4-5-21(26)17-25-24(30)15-19-8-12-27(13-9-19)33(31,32)22-6-7-23-20(16-22)10-14-28(23)18(2)29/h6-7,16,19,21H,3-5,8-15,17H2,1-2H3,(H,25,30)/t21-/m1/s1. The molecule has 4 rings (SSSR count). The average molecular weight is 477 g/mol. The third-order valence-electron chi connectivity index (χ3n) is 7.45. The van der Waals surface area contributed by atoms with Gasteiger partial charge in [-0.15, -0.1) is 0 Å². The molecule has 0 spiro atoms. The maximum absolute atomic E-state index is 13.2. The van der Waals surface area contributed by atoms with Gasteiger partial charge in [0, 0.05) is 51.3 Å². The Morgan fingerprint density at radius 1 is 1.09 bits per heavy atom. The molecule has 1 aromatic carbocycles. The van der Waals surface area contributed by atoms with Crippen molar-refractivity contribution in [2.75, 3.05) is 44.2 Å². The lowest BCUT2D eigenvalue weighted by Gasteiger charge is -2.31. The summed E-state index contributed by atoms with van der Waals surface area (Å²) in [5, 5.41) is 3.10. The van der Waals surface area contributed by atoms with Gasteiger partial charge in [-0.05, 0) is 74.9 Å². The van der Waals surface area contributed by atoms with Crippen molar-refractivity contribution in [3.8, 4) is 0 Å². The summed E-state index contributed by atoms with van der Waals surface area (Å²) < 4.78 is 27.9. The molecule has 1 N–H and O–H groups in total. The number of likely N-dealkylation sites (tertiary alicyclic amines) is 1. The highest BCUT2D eigenvalue weighted by Gasteiger charge is 2.32. The quantitative estimate of drug-likeness (QED) is 0.650. The molecule has 8 nitrogen and oxygen atoms in total. The molecule has 182 valence electrons. The van der Waals surface area contributed by atoms with Crippen LogP contribution in [0.2, 0.25) is 0 Å². The van der Waals surface area contributed by atoms with Gasteiger partial charge >= 0.3 is 0 Å². The first-order valence-electron chi connectivity index (χ1n) is 12.2. The van der Waals surface area contributed by atoms with Crippen molar-refractivity contribution in [2.45, 2.75) is 63.3 Å². The maximum Gasteiger partial charge on any atom is 0.243 e. The molecular weight excluding hydrogens is 440 g/mol. The Hall–Kier alpha value is -1.97. The fraction of sp³-hybridized carbons (Fsp3) is 0.667. The van der Waals surface area contributed by atoms with Crippen LogP contribution in [0.25, 0.3) is 0 Å². The lowest BCUT2D eigenvalue weighted by molar-refractivity contribution is -0.122. The van der Waals surface area contributed by atoms with Gasteiger partial charge in [0.15, 0.2) is 0 Å². The smallest absolute Gasteiger partial charge is 0.243 e.